The van der Waals surface area contributed by atoms with Crippen LogP contribution >= 0.6 is 0 Å². The molecule has 1 heteroatoms. The van der Waals surface area contributed by atoms with Crippen molar-refractivity contribution in [2.45, 2.75) is 6.42 Å². The fourth-order valence-corrected chi connectivity index (χ4v) is 0.893. The molecule has 0 saturated carbocycles. The van der Waals surface area contributed by atoms with Gasteiger partial charge in [-0.25, -0.2) is 0 Å². The second-order valence-electron chi connectivity index (χ2n) is 1.79. The summed E-state index contributed by atoms with van der Waals surface area (Å²) in [6.07, 6.45) is 0.848. The first-order valence-electron chi connectivity index (χ1n) is 2.79. The molecule has 0 bridgehead atoms. The number of rotatable bonds is 1. The van der Waals surface area contributed by atoms with Crippen LogP contribution in [0.4, 0.5) is 0 Å². The van der Waals surface area contributed by atoms with Gasteiger partial charge in [0, 0.05) is 0 Å². The predicted molar refractivity (Wildman–Crippen MR) is 34.0 cm³/mol. The SMILES string of the molecule is [Fe]#[C]Cc1ccccc1. The molecular weight excluding hydrogens is 152 g/mol. The molecule has 0 spiro atoms. The maximum absolute atomic E-state index is 3.53. The Kier molecular flexibility index (Phi) is 2.60. The molecule has 1 aromatic carbocycles. The first-order valence-corrected chi connectivity index (χ1v) is 3.35. The Bertz CT molecular complexity index is 208. The van der Waals surface area contributed by atoms with Gasteiger partial charge >= 0.3 is 62.4 Å². The van der Waals surface area contributed by atoms with E-state index in [2.05, 4.69) is 32.2 Å². The first kappa shape index (κ1) is 6.64. The number of hydrogen-bond acceptors (Lipinski definition) is 0. The summed E-state index contributed by atoms with van der Waals surface area (Å²) in [5.41, 5.74) is 1.27. The van der Waals surface area contributed by atoms with Crippen molar-refractivity contribution in [3.63, 3.8) is 0 Å². The van der Waals surface area contributed by atoms with Crippen molar-refractivity contribution in [2.24, 2.45) is 0 Å². The third-order valence-corrected chi connectivity index (χ3v) is 1.30. The Morgan fingerprint density at radius 3 is 2.44 bits per heavy atom. The predicted octanol–water partition coefficient (Wildman–Crippen LogP) is 1.74. The van der Waals surface area contributed by atoms with E-state index in [0.717, 1.165) is 6.42 Å². The second kappa shape index (κ2) is 3.53. The van der Waals surface area contributed by atoms with Crippen molar-refractivity contribution in [3.05, 3.63) is 35.9 Å². The Morgan fingerprint density at radius 1 is 1.22 bits per heavy atom. The van der Waals surface area contributed by atoms with Crippen molar-refractivity contribution >= 4 is 0 Å². The van der Waals surface area contributed by atoms with Crippen LogP contribution in [-0.4, -0.2) is 0 Å². The van der Waals surface area contributed by atoms with Gasteiger partial charge in [0.05, 0.1) is 0 Å². The molecule has 0 heterocycles. The van der Waals surface area contributed by atoms with Crippen molar-refractivity contribution in [2.75, 3.05) is 0 Å². The Morgan fingerprint density at radius 2 is 1.89 bits per heavy atom. The fraction of sp³-hybridized carbons (Fsp3) is 0.125. The van der Waals surface area contributed by atoms with Gasteiger partial charge < -0.3 is 0 Å². The normalized spacial score (nSPS) is 8.44. The molecule has 1 aromatic rings. The van der Waals surface area contributed by atoms with E-state index in [9.17, 15) is 0 Å². The van der Waals surface area contributed by atoms with E-state index < -0.39 is 0 Å². The molecule has 0 N–H and O–H groups in total. The number of hydrogen-bond donors (Lipinski definition) is 0. The van der Waals surface area contributed by atoms with Crippen LogP contribution in [0, 0.1) is 4.73 Å². The van der Waals surface area contributed by atoms with E-state index in [1.807, 2.05) is 18.2 Å². The zero-order valence-corrected chi connectivity index (χ0v) is 6.05. The Hall–Kier alpha value is -0.481. The summed E-state index contributed by atoms with van der Waals surface area (Å²) in [4.78, 5) is 0. The minimum atomic E-state index is 0.848. The Balaban J connectivity index is 2.76. The first-order chi connectivity index (χ1) is 4.43. The van der Waals surface area contributed by atoms with E-state index in [1.165, 1.54) is 5.56 Å². The standard InChI is InChI=1S/C8H7.Fe/c1-2-8-6-4-3-5-7-8;/h3-7H,2H2;. The van der Waals surface area contributed by atoms with Crippen LogP contribution in [-0.2, 0) is 21.8 Å². The van der Waals surface area contributed by atoms with E-state index in [4.69, 9.17) is 0 Å². The summed E-state index contributed by atoms with van der Waals surface area (Å²) in [5.74, 6) is 0. The van der Waals surface area contributed by atoms with Gasteiger partial charge in [-0.1, -0.05) is 0 Å². The molecule has 0 aliphatic heterocycles. The molecule has 0 aliphatic rings. The summed E-state index contributed by atoms with van der Waals surface area (Å²) < 4.78 is 2.83. The van der Waals surface area contributed by atoms with Crippen molar-refractivity contribution in [3.8, 4) is 4.73 Å². The average molecular weight is 159 g/mol. The molecular formula is C8H7Fe. The molecule has 0 aromatic heterocycles. The molecule has 0 atom stereocenters. The van der Waals surface area contributed by atoms with Gasteiger partial charge in [-0.2, -0.15) is 0 Å². The van der Waals surface area contributed by atoms with Crippen LogP contribution in [0.15, 0.2) is 30.3 Å². The van der Waals surface area contributed by atoms with Crippen LogP contribution < -0.4 is 0 Å². The maximum atomic E-state index is 3.53. The summed E-state index contributed by atoms with van der Waals surface area (Å²) in [6, 6.07) is 10.2. The summed E-state index contributed by atoms with van der Waals surface area (Å²) in [7, 11) is 0. The van der Waals surface area contributed by atoms with Crippen molar-refractivity contribution < 1.29 is 15.4 Å². The molecule has 9 heavy (non-hydrogen) atoms. The molecule has 0 radical (unpaired) electrons. The Labute approximate surface area is 62.9 Å². The third-order valence-electron chi connectivity index (χ3n) is 1.11. The van der Waals surface area contributed by atoms with Gasteiger partial charge in [0.15, 0.2) is 0 Å². The van der Waals surface area contributed by atoms with Crippen LogP contribution in [0.1, 0.15) is 5.56 Å². The van der Waals surface area contributed by atoms with Crippen LogP contribution in [0.2, 0.25) is 0 Å². The monoisotopic (exact) mass is 159 g/mol. The zero-order chi connectivity index (χ0) is 6.53. The van der Waals surface area contributed by atoms with E-state index >= 15 is 0 Å². The van der Waals surface area contributed by atoms with Gasteiger partial charge in [-0.05, 0) is 0 Å². The van der Waals surface area contributed by atoms with Gasteiger partial charge in [0.2, 0.25) is 0 Å². The van der Waals surface area contributed by atoms with E-state index in [-0.39, 0.29) is 0 Å². The minimum absolute atomic E-state index is 0.848. The summed E-state index contributed by atoms with van der Waals surface area (Å²) in [6.45, 7) is 0. The van der Waals surface area contributed by atoms with Gasteiger partial charge in [-0.15, -0.1) is 0 Å². The third kappa shape index (κ3) is 2.07. The van der Waals surface area contributed by atoms with Gasteiger partial charge in [0.25, 0.3) is 0 Å². The molecule has 0 nitrogen and oxygen atoms in total. The quantitative estimate of drug-likeness (QED) is 0.547. The second-order valence-corrected chi connectivity index (χ2v) is 2.18. The van der Waals surface area contributed by atoms with Crippen molar-refractivity contribution in [1.29, 1.82) is 0 Å². The molecule has 0 aliphatic carbocycles. The van der Waals surface area contributed by atoms with E-state index in [0.29, 0.717) is 0 Å². The van der Waals surface area contributed by atoms with Crippen LogP contribution in [0.25, 0.3) is 0 Å². The molecule has 0 amide bonds. The molecule has 0 unspecified atom stereocenters. The van der Waals surface area contributed by atoms with Crippen LogP contribution in [0.3, 0.4) is 0 Å². The number of benzene rings is 1. The van der Waals surface area contributed by atoms with E-state index in [1.54, 1.807) is 0 Å². The average Bonchev–Trinajstić information content (AvgIpc) is 1.91. The molecule has 1 rings (SSSR count). The van der Waals surface area contributed by atoms with Crippen molar-refractivity contribution in [1.82, 2.24) is 0 Å². The molecule has 0 fully saturated rings. The molecule has 47 valence electrons. The van der Waals surface area contributed by atoms with Crippen LogP contribution in [0.5, 0.6) is 0 Å². The van der Waals surface area contributed by atoms with Gasteiger partial charge in [0.1, 0.15) is 0 Å². The summed E-state index contributed by atoms with van der Waals surface area (Å²) >= 11 is 3.53. The molecule has 0 saturated heterocycles. The summed E-state index contributed by atoms with van der Waals surface area (Å²) in [5, 5.41) is 0. The van der Waals surface area contributed by atoms with Gasteiger partial charge in [-0.3, -0.25) is 0 Å². The fourth-order valence-electron chi connectivity index (χ4n) is 0.668. The topological polar surface area (TPSA) is 0 Å². The zero-order valence-electron chi connectivity index (χ0n) is 4.95.